The molecule has 21 heavy (non-hydrogen) atoms. The van der Waals surface area contributed by atoms with Crippen LogP contribution >= 0.6 is 0 Å². The standard InChI is InChI=1S/C16H18N4O/c21-16-8-4-7-13(20-16)10-17-15-9-14(18-11-19-15)12-5-2-1-3-6-12/h1-3,5-6,9,11,13H,4,7-8,10H2,(H,20,21)(H,17,18,19)/t13-/m1/s1. The largest absolute Gasteiger partial charge is 0.368 e. The zero-order valence-corrected chi connectivity index (χ0v) is 11.7. The second kappa shape index (κ2) is 6.35. The van der Waals surface area contributed by atoms with Gasteiger partial charge in [0.2, 0.25) is 5.91 Å². The maximum absolute atomic E-state index is 11.4. The van der Waals surface area contributed by atoms with Crippen LogP contribution in [0.25, 0.3) is 11.3 Å². The first-order chi connectivity index (χ1) is 10.3. The third kappa shape index (κ3) is 3.56. The molecule has 3 rings (SSSR count). The molecule has 1 aromatic carbocycles. The Hall–Kier alpha value is -2.43. The Morgan fingerprint density at radius 3 is 2.90 bits per heavy atom. The van der Waals surface area contributed by atoms with Gasteiger partial charge in [0, 0.05) is 30.6 Å². The van der Waals surface area contributed by atoms with Gasteiger partial charge in [-0.3, -0.25) is 4.79 Å². The van der Waals surface area contributed by atoms with Gasteiger partial charge in [-0.2, -0.15) is 0 Å². The van der Waals surface area contributed by atoms with Crippen LogP contribution in [0.4, 0.5) is 5.82 Å². The average Bonchev–Trinajstić information content (AvgIpc) is 2.54. The van der Waals surface area contributed by atoms with Crippen LogP contribution < -0.4 is 10.6 Å². The highest BCUT2D eigenvalue weighted by Crippen LogP contribution is 2.18. The number of aromatic nitrogens is 2. The van der Waals surface area contributed by atoms with Gasteiger partial charge in [-0.25, -0.2) is 9.97 Å². The van der Waals surface area contributed by atoms with Crippen LogP contribution in [-0.4, -0.2) is 28.5 Å². The number of nitrogens with one attached hydrogen (secondary N) is 2. The van der Waals surface area contributed by atoms with E-state index in [0.717, 1.165) is 29.9 Å². The fraction of sp³-hybridized carbons (Fsp3) is 0.312. The predicted octanol–water partition coefficient (Wildman–Crippen LogP) is 2.22. The van der Waals surface area contributed by atoms with Crippen LogP contribution in [0.3, 0.4) is 0 Å². The molecule has 0 bridgehead atoms. The summed E-state index contributed by atoms with van der Waals surface area (Å²) in [4.78, 5) is 19.9. The van der Waals surface area contributed by atoms with Crippen molar-refractivity contribution >= 4 is 11.7 Å². The number of hydrogen-bond donors (Lipinski definition) is 2. The van der Waals surface area contributed by atoms with E-state index in [1.165, 1.54) is 0 Å². The van der Waals surface area contributed by atoms with Crippen LogP contribution in [0.15, 0.2) is 42.7 Å². The number of amides is 1. The van der Waals surface area contributed by atoms with Crippen molar-refractivity contribution in [2.24, 2.45) is 0 Å². The molecule has 2 heterocycles. The maximum atomic E-state index is 11.4. The summed E-state index contributed by atoms with van der Waals surface area (Å²) in [5, 5.41) is 6.27. The molecule has 5 heteroatoms. The third-order valence-corrected chi connectivity index (χ3v) is 3.59. The molecule has 5 nitrogen and oxygen atoms in total. The Balaban J connectivity index is 1.65. The van der Waals surface area contributed by atoms with Crippen molar-refractivity contribution < 1.29 is 4.79 Å². The summed E-state index contributed by atoms with van der Waals surface area (Å²) in [6.45, 7) is 0.691. The van der Waals surface area contributed by atoms with Gasteiger partial charge in [-0.1, -0.05) is 30.3 Å². The molecule has 108 valence electrons. The number of nitrogens with zero attached hydrogens (tertiary/aromatic N) is 2. The van der Waals surface area contributed by atoms with Crippen molar-refractivity contribution in [3.05, 3.63) is 42.7 Å². The number of anilines is 1. The third-order valence-electron chi connectivity index (χ3n) is 3.59. The van der Waals surface area contributed by atoms with Crippen LogP contribution in [0.5, 0.6) is 0 Å². The molecule has 0 saturated carbocycles. The quantitative estimate of drug-likeness (QED) is 0.902. The van der Waals surface area contributed by atoms with Crippen LogP contribution in [0, 0.1) is 0 Å². The second-order valence-electron chi connectivity index (χ2n) is 5.19. The van der Waals surface area contributed by atoms with E-state index in [9.17, 15) is 4.79 Å². The number of piperidine rings is 1. The van der Waals surface area contributed by atoms with E-state index in [0.29, 0.717) is 13.0 Å². The minimum Gasteiger partial charge on any atom is -0.368 e. The number of carbonyl (C=O) groups is 1. The fourth-order valence-electron chi connectivity index (χ4n) is 2.48. The molecular weight excluding hydrogens is 264 g/mol. The van der Waals surface area contributed by atoms with Crippen molar-refractivity contribution in [3.63, 3.8) is 0 Å². The Kier molecular flexibility index (Phi) is 4.09. The van der Waals surface area contributed by atoms with Crippen molar-refractivity contribution in [2.75, 3.05) is 11.9 Å². The van der Waals surface area contributed by atoms with Crippen molar-refractivity contribution in [1.29, 1.82) is 0 Å². The lowest BCUT2D eigenvalue weighted by Gasteiger charge is -2.23. The highest BCUT2D eigenvalue weighted by Gasteiger charge is 2.17. The normalized spacial score (nSPS) is 18.1. The van der Waals surface area contributed by atoms with Gasteiger partial charge in [-0.15, -0.1) is 0 Å². The first-order valence-electron chi connectivity index (χ1n) is 7.22. The van der Waals surface area contributed by atoms with Gasteiger partial charge >= 0.3 is 0 Å². The van der Waals surface area contributed by atoms with Gasteiger partial charge < -0.3 is 10.6 Å². The Bertz CT molecular complexity index is 615. The van der Waals surface area contributed by atoms with Crippen LogP contribution in [0.2, 0.25) is 0 Å². The van der Waals surface area contributed by atoms with Crippen molar-refractivity contribution in [1.82, 2.24) is 15.3 Å². The highest BCUT2D eigenvalue weighted by molar-refractivity contribution is 5.77. The van der Waals surface area contributed by atoms with Crippen molar-refractivity contribution in [3.8, 4) is 11.3 Å². The van der Waals surface area contributed by atoms with E-state index in [2.05, 4.69) is 20.6 Å². The minimum absolute atomic E-state index is 0.140. The number of benzene rings is 1. The Morgan fingerprint density at radius 2 is 2.10 bits per heavy atom. The summed E-state index contributed by atoms with van der Waals surface area (Å²) in [6, 6.07) is 12.1. The summed E-state index contributed by atoms with van der Waals surface area (Å²) in [6.07, 6.45) is 4.17. The van der Waals surface area contributed by atoms with E-state index < -0.39 is 0 Å². The predicted molar refractivity (Wildman–Crippen MR) is 81.7 cm³/mol. The van der Waals surface area contributed by atoms with E-state index in [-0.39, 0.29) is 11.9 Å². The maximum Gasteiger partial charge on any atom is 0.220 e. The first-order valence-corrected chi connectivity index (χ1v) is 7.22. The van der Waals surface area contributed by atoms with Gasteiger partial charge in [0.15, 0.2) is 0 Å². The Labute approximate surface area is 123 Å². The molecule has 0 radical (unpaired) electrons. The van der Waals surface area contributed by atoms with Gasteiger partial charge in [0.25, 0.3) is 0 Å². The molecule has 1 fully saturated rings. The lowest BCUT2D eigenvalue weighted by atomic mass is 10.0. The average molecular weight is 282 g/mol. The summed E-state index contributed by atoms with van der Waals surface area (Å²) >= 11 is 0. The molecule has 1 atom stereocenters. The van der Waals surface area contributed by atoms with Gasteiger partial charge in [0.05, 0.1) is 5.69 Å². The summed E-state index contributed by atoms with van der Waals surface area (Å²) in [7, 11) is 0. The molecular formula is C16H18N4O. The molecule has 1 aromatic heterocycles. The minimum atomic E-state index is 0.140. The van der Waals surface area contributed by atoms with E-state index >= 15 is 0 Å². The van der Waals surface area contributed by atoms with E-state index in [1.54, 1.807) is 6.33 Å². The topological polar surface area (TPSA) is 66.9 Å². The molecule has 1 aliphatic heterocycles. The van der Waals surface area contributed by atoms with E-state index in [4.69, 9.17) is 0 Å². The smallest absolute Gasteiger partial charge is 0.220 e. The summed E-state index contributed by atoms with van der Waals surface area (Å²) < 4.78 is 0. The number of carbonyl (C=O) groups excluding carboxylic acids is 1. The monoisotopic (exact) mass is 282 g/mol. The summed E-state index contributed by atoms with van der Waals surface area (Å²) in [5.41, 5.74) is 1.95. The van der Waals surface area contributed by atoms with Gasteiger partial charge in [-0.05, 0) is 12.8 Å². The van der Waals surface area contributed by atoms with Gasteiger partial charge in [0.1, 0.15) is 12.1 Å². The molecule has 0 aliphatic carbocycles. The molecule has 1 aliphatic rings. The molecule has 0 unspecified atom stereocenters. The first kappa shape index (κ1) is 13.5. The molecule has 0 spiro atoms. The lowest BCUT2D eigenvalue weighted by molar-refractivity contribution is -0.123. The zero-order valence-electron chi connectivity index (χ0n) is 11.7. The number of rotatable bonds is 4. The SMILES string of the molecule is O=C1CCC[C@H](CNc2cc(-c3ccccc3)ncn2)N1. The zero-order chi connectivity index (χ0) is 14.5. The highest BCUT2D eigenvalue weighted by atomic mass is 16.1. The molecule has 2 N–H and O–H groups in total. The lowest BCUT2D eigenvalue weighted by Crippen LogP contribution is -2.42. The summed E-state index contributed by atoms with van der Waals surface area (Å²) in [5.74, 6) is 0.921. The molecule has 1 amide bonds. The van der Waals surface area contributed by atoms with Crippen LogP contribution in [0.1, 0.15) is 19.3 Å². The molecule has 1 saturated heterocycles. The fourth-order valence-corrected chi connectivity index (χ4v) is 2.48. The van der Waals surface area contributed by atoms with E-state index in [1.807, 2.05) is 36.4 Å². The second-order valence-corrected chi connectivity index (χ2v) is 5.19. The van der Waals surface area contributed by atoms with Crippen molar-refractivity contribution in [2.45, 2.75) is 25.3 Å². The van der Waals surface area contributed by atoms with Crippen LogP contribution in [-0.2, 0) is 4.79 Å². The Morgan fingerprint density at radius 1 is 1.24 bits per heavy atom. The molecule has 2 aromatic rings. The number of hydrogen-bond acceptors (Lipinski definition) is 4.